The Hall–Kier alpha value is -0.570. The molecule has 1 N–H and O–H groups in total. The third kappa shape index (κ3) is 2.21. The van der Waals surface area contributed by atoms with Gasteiger partial charge >= 0.3 is 0 Å². The van der Waals surface area contributed by atoms with Gasteiger partial charge in [0, 0.05) is 24.7 Å². The van der Waals surface area contributed by atoms with Crippen molar-refractivity contribution in [1.29, 1.82) is 0 Å². The quantitative estimate of drug-likeness (QED) is 0.653. The molecule has 74 valence electrons. The maximum absolute atomic E-state index is 10.6. The van der Waals surface area contributed by atoms with Crippen molar-refractivity contribution in [3.63, 3.8) is 0 Å². The Bertz CT molecular complexity index is 191. The Morgan fingerprint density at radius 3 is 2.62 bits per heavy atom. The van der Waals surface area contributed by atoms with Crippen molar-refractivity contribution in [2.75, 3.05) is 6.54 Å². The molecule has 1 saturated carbocycles. The topological polar surface area (TPSA) is 32.3 Å². The van der Waals surface area contributed by atoms with E-state index in [1.165, 1.54) is 12.8 Å². The van der Waals surface area contributed by atoms with Crippen LogP contribution < -0.4 is 5.32 Å². The van der Waals surface area contributed by atoms with Crippen molar-refractivity contribution >= 4 is 6.41 Å². The van der Waals surface area contributed by atoms with E-state index in [9.17, 15) is 4.79 Å². The van der Waals surface area contributed by atoms with E-state index in [0.29, 0.717) is 12.1 Å². The molecule has 13 heavy (non-hydrogen) atoms. The number of nitrogens with one attached hydrogen (secondary N) is 1. The molecule has 3 heteroatoms. The van der Waals surface area contributed by atoms with E-state index < -0.39 is 0 Å². The Morgan fingerprint density at radius 1 is 1.31 bits per heavy atom. The molecule has 0 radical (unpaired) electrons. The van der Waals surface area contributed by atoms with Gasteiger partial charge in [-0.15, -0.1) is 0 Å². The second-order valence-corrected chi connectivity index (χ2v) is 4.35. The summed E-state index contributed by atoms with van der Waals surface area (Å²) in [7, 11) is 0. The standard InChI is InChI=1S/C10H18N2O/c1-8-6-10(11-9-2-3-9)4-5-12(8)7-13/h7-11H,2-6H2,1H3. The second-order valence-electron chi connectivity index (χ2n) is 4.35. The van der Waals surface area contributed by atoms with Gasteiger partial charge in [-0.25, -0.2) is 0 Å². The Morgan fingerprint density at radius 2 is 2.08 bits per heavy atom. The van der Waals surface area contributed by atoms with Gasteiger partial charge in [0.1, 0.15) is 0 Å². The molecule has 1 heterocycles. The monoisotopic (exact) mass is 182 g/mol. The Balaban J connectivity index is 1.79. The molecule has 1 aliphatic heterocycles. The number of hydrogen-bond donors (Lipinski definition) is 1. The molecule has 1 aliphatic carbocycles. The minimum atomic E-state index is 0.419. The second kappa shape index (κ2) is 3.66. The summed E-state index contributed by atoms with van der Waals surface area (Å²) < 4.78 is 0. The van der Waals surface area contributed by atoms with Crippen LogP contribution in [-0.2, 0) is 4.79 Å². The summed E-state index contributed by atoms with van der Waals surface area (Å²) in [6.45, 7) is 3.06. The highest BCUT2D eigenvalue weighted by Gasteiger charge is 2.29. The van der Waals surface area contributed by atoms with Gasteiger partial charge in [0.2, 0.25) is 6.41 Å². The Labute approximate surface area is 79.5 Å². The lowest BCUT2D eigenvalue weighted by Gasteiger charge is -2.35. The van der Waals surface area contributed by atoms with E-state index in [2.05, 4.69) is 12.2 Å². The first-order valence-electron chi connectivity index (χ1n) is 5.26. The number of carbonyl (C=O) groups is 1. The fourth-order valence-electron chi connectivity index (χ4n) is 2.08. The summed E-state index contributed by atoms with van der Waals surface area (Å²) in [6, 6.07) is 1.86. The summed E-state index contributed by atoms with van der Waals surface area (Å²) in [5.74, 6) is 0. The molecule has 2 atom stereocenters. The fourth-order valence-corrected chi connectivity index (χ4v) is 2.08. The molecule has 0 aromatic rings. The lowest BCUT2D eigenvalue weighted by Crippen LogP contribution is -2.47. The van der Waals surface area contributed by atoms with E-state index >= 15 is 0 Å². The highest BCUT2D eigenvalue weighted by molar-refractivity contribution is 5.47. The zero-order valence-corrected chi connectivity index (χ0v) is 8.20. The summed E-state index contributed by atoms with van der Waals surface area (Å²) in [4.78, 5) is 12.5. The van der Waals surface area contributed by atoms with Crippen LogP contribution in [0.25, 0.3) is 0 Å². The third-order valence-corrected chi connectivity index (χ3v) is 3.11. The van der Waals surface area contributed by atoms with Gasteiger partial charge in [-0.2, -0.15) is 0 Å². The average Bonchev–Trinajstić information content (AvgIpc) is 2.89. The maximum Gasteiger partial charge on any atom is 0.209 e. The average molecular weight is 182 g/mol. The molecule has 2 aliphatic rings. The molecule has 1 saturated heterocycles. The fraction of sp³-hybridized carbons (Fsp3) is 0.900. The summed E-state index contributed by atoms with van der Waals surface area (Å²) in [6.07, 6.45) is 5.93. The number of carbonyl (C=O) groups excluding carboxylic acids is 1. The van der Waals surface area contributed by atoms with Crippen LogP contribution in [0.15, 0.2) is 0 Å². The molecule has 0 aromatic heterocycles. The predicted molar refractivity (Wildman–Crippen MR) is 51.4 cm³/mol. The van der Waals surface area contributed by atoms with Crippen LogP contribution in [0, 0.1) is 0 Å². The van der Waals surface area contributed by atoms with Crippen molar-refractivity contribution in [3.8, 4) is 0 Å². The minimum Gasteiger partial charge on any atom is -0.342 e. The van der Waals surface area contributed by atoms with Crippen LogP contribution in [0.1, 0.15) is 32.6 Å². The molecule has 2 unspecified atom stereocenters. The van der Waals surface area contributed by atoms with Crippen LogP contribution in [0.5, 0.6) is 0 Å². The van der Waals surface area contributed by atoms with E-state index in [0.717, 1.165) is 31.8 Å². The molecule has 2 fully saturated rings. The number of nitrogens with zero attached hydrogens (tertiary/aromatic N) is 1. The Kier molecular flexibility index (Phi) is 2.54. The zero-order valence-electron chi connectivity index (χ0n) is 8.20. The molecular weight excluding hydrogens is 164 g/mol. The summed E-state index contributed by atoms with van der Waals surface area (Å²) in [5, 5.41) is 3.63. The highest BCUT2D eigenvalue weighted by Crippen LogP contribution is 2.23. The zero-order chi connectivity index (χ0) is 9.26. The lowest BCUT2D eigenvalue weighted by atomic mass is 9.99. The first-order chi connectivity index (χ1) is 6.29. The van der Waals surface area contributed by atoms with E-state index in [1.54, 1.807) is 0 Å². The smallest absolute Gasteiger partial charge is 0.209 e. The molecule has 0 bridgehead atoms. The van der Waals surface area contributed by atoms with Crippen LogP contribution in [0.3, 0.4) is 0 Å². The van der Waals surface area contributed by atoms with E-state index in [-0.39, 0.29) is 0 Å². The molecule has 2 rings (SSSR count). The maximum atomic E-state index is 10.6. The van der Waals surface area contributed by atoms with Gasteiger partial charge in [0.15, 0.2) is 0 Å². The number of likely N-dealkylation sites (tertiary alicyclic amines) is 1. The van der Waals surface area contributed by atoms with Crippen molar-refractivity contribution in [2.45, 2.75) is 50.7 Å². The van der Waals surface area contributed by atoms with E-state index in [1.807, 2.05) is 4.90 Å². The van der Waals surface area contributed by atoms with Crippen LogP contribution in [-0.4, -0.2) is 36.0 Å². The molecule has 0 aromatic carbocycles. The highest BCUT2D eigenvalue weighted by atomic mass is 16.1. The summed E-state index contributed by atoms with van der Waals surface area (Å²) in [5.41, 5.74) is 0. The van der Waals surface area contributed by atoms with Crippen LogP contribution >= 0.6 is 0 Å². The lowest BCUT2D eigenvalue weighted by molar-refractivity contribution is -0.121. The third-order valence-electron chi connectivity index (χ3n) is 3.11. The number of hydrogen-bond acceptors (Lipinski definition) is 2. The minimum absolute atomic E-state index is 0.419. The first kappa shape index (κ1) is 9.00. The van der Waals surface area contributed by atoms with Crippen molar-refractivity contribution in [3.05, 3.63) is 0 Å². The number of amides is 1. The molecule has 3 nitrogen and oxygen atoms in total. The molecular formula is C10H18N2O. The van der Waals surface area contributed by atoms with Gasteiger partial charge in [0.25, 0.3) is 0 Å². The largest absolute Gasteiger partial charge is 0.342 e. The van der Waals surface area contributed by atoms with Gasteiger partial charge in [-0.05, 0) is 32.6 Å². The SMILES string of the molecule is CC1CC(NC2CC2)CCN1C=O. The van der Waals surface area contributed by atoms with Crippen molar-refractivity contribution in [1.82, 2.24) is 10.2 Å². The van der Waals surface area contributed by atoms with Crippen LogP contribution in [0.2, 0.25) is 0 Å². The van der Waals surface area contributed by atoms with Crippen molar-refractivity contribution in [2.24, 2.45) is 0 Å². The number of piperidine rings is 1. The first-order valence-corrected chi connectivity index (χ1v) is 5.26. The molecule has 1 amide bonds. The summed E-state index contributed by atoms with van der Waals surface area (Å²) >= 11 is 0. The predicted octanol–water partition coefficient (Wildman–Crippen LogP) is 0.748. The van der Waals surface area contributed by atoms with Gasteiger partial charge in [-0.3, -0.25) is 4.79 Å². The van der Waals surface area contributed by atoms with Crippen LogP contribution in [0.4, 0.5) is 0 Å². The van der Waals surface area contributed by atoms with Gasteiger partial charge in [0.05, 0.1) is 0 Å². The van der Waals surface area contributed by atoms with Gasteiger partial charge < -0.3 is 10.2 Å². The van der Waals surface area contributed by atoms with Gasteiger partial charge in [-0.1, -0.05) is 0 Å². The number of rotatable bonds is 3. The normalized spacial score (nSPS) is 34.7. The molecule has 0 spiro atoms. The van der Waals surface area contributed by atoms with E-state index in [4.69, 9.17) is 0 Å². The van der Waals surface area contributed by atoms with Crippen molar-refractivity contribution < 1.29 is 4.79 Å².